The zero-order chi connectivity index (χ0) is 15.3. The Morgan fingerprint density at radius 2 is 1.64 bits per heavy atom. The number of fused-ring (bicyclic) bond motifs is 2. The molecule has 2 aliphatic rings. The summed E-state index contributed by atoms with van der Waals surface area (Å²) in [6, 6.07) is 9.72. The van der Waals surface area contributed by atoms with E-state index < -0.39 is 6.29 Å². The summed E-state index contributed by atoms with van der Waals surface area (Å²) in [5.74, 6) is 0.287. The second-order valence-electron chi connectivity index (χ2n) is 4.88. The fraction of sp³-hybridized carbons (Fsp3) is 0.133. The van der Waals surface area contributed by atoms with Gasteiger partial charge in [-0.2, -0.15) is 0 Å². The van der Waals surface area contributed by atoms with Gasteiger partial charge in [-0.15, -0.1) is 8.78 Å². The lowest BCUT2D eigenvalue weighted by atomic mass is 10.0. The monoisotopic (exact) mass is 305 g/mol. The Morgan fingerprint density at radius 3 is 2.45 bits per heavy atom. The van der Waals surface area contributed by atoms with Gasteiger partial charge in [-0.05, 0) is 35.4 Å². The molecule has 0 spiro atoms. The minimum Gasteiger partial charge on any atom is -0.482 e. The van der Waals surface area contributed by atoms with Crippen molar-refractivity contribution >= 4 is 11.6 Å². The molecule has 0 bridgehead atoms. The molecule has 22 heavy (non-hydrogen) atoms. The van der Waals surface area contributed by atoms with E-state index in [1.807, 2.05) is 0 Å². The molecule has 0 unspecified atom stereocenters. The van der Waals surface area contributed by atoms with Gasteiger partial charge in [0.25, 0.3) is 5.91 Å². The van der Waals surface area contributed by atoms with Gasteiger partial charge in [-0.1, -0.05) is 12.1 Å². The number of nitrogens with one attached hydrogen (secondary N) is 1. The molecule has 2 aromatic rings. The largest absolute Gasteiger partial charge is 0.586 e. The molecule has 4 rings (SSSR count). The van der Waals surface area contributed by atoms with Crippen molar-refractivity contribution in [3.63, 3.8) is 0 Å². The molecule has 0 radical (unpaired) electrons. The molecular formula is C15H9F2NO4. The van der Waals surface area contributed by atoms with E-state index in [0.29, 0.717) is 17.0 Å². The Bertz CT molecular complexity index is 791. The van der Waals surface area contributed by atoms with Gasteiger partial charge in [-0.25, -0.2) is 0 Å². The molecule has 2 aromatic carbocycles. The van der Waals surface area contributed by atoms with Gasteiger partial charge in [0.1, 0.15) is 5.75 Å². The number of alkyl halides is 2. The standard InChI is InChI=1S/C15H9F2NO4/c16-15(17)21-11-4-2-9(6-13(11)22-15)8-1-3-10-12(5-8)20-7-14(19)18-10/h1-6H,7H2,(H,18,19). The molecule has 0 saturated carbocycles. The number of hydrogen-bond acceptors (Lipinski definition) is 4. The first kappa shape index (κ1) is 12.9. The topological polar surface area (TPSA) is 56.8 Å². The van der Waals surface area contributed by atoms with Gasteiger partial charge in [-0.3, -0.25) is 4.79 Å². The average Bonchev–Trinajstić information content (AvgIpc) is 2.79. The molecule has 0 fully saturated rings. The summed E-state index contributed by atoms with van der Waals surface area (Å²) in [4.78, 5) is 11.2. The van der Waals surface area contributed by atoms with E-state index in [0.717, 1.165) is 5.56 Å². The lowest BCUT2D eigenvalue weighted by Gasteiger charge is -2.18. The number of ether oxygens (including phenoxy) is 3. The number of carbonyl (C=O) groups is 1. The third kappa shape index (κ3) is 2.11. The Morgan fingerprint density at radius 1 is 0.955 bits per heavy atom. The molecule has 1 N–H and O–H groups in total. The molecule has 112 valence electrons. The zero-order valence-corrected chi connectivity index (χ0v) is 11.1. The van der Waals surface area contributed by atoms with E-state index in [-0.39, 0.29) is 24.0 Å². The van der Waals surface area contributed by atoms with Gasteiger partial charge in [0, 0.05) is 0 Å². The van der Waals surface area contributed by atoms with Crippen LogP contribution in [-0.2, 0) is 4.79 Å². The number of anilines is 1. The summed E-state index contributed by atoms with van der Waals surface area (Å²) in [6.45, 7) is -0.0518. The van der Waals surface area contributed by atoms with Crippen LogP contribution in [0.25, 0.3) is 11.1 Å². The SMILES string of the molecule is O=C1COc2cc(-c3ccc4c(c3)OC(F)(F)O4)ccc2N1. The maximum Gasteiger partial charge on any atom is 0.586 e. The van der Waals surface area contributed by atoms with Crippen LogP contribution in [0.3, 0.4) is 0 Å². The van der Waals surface area contributed by atoms with Gasteiger partial charge in [0.05, 0.1) is 5.69 Å². The number of amides is 1. The fourth-order valence-corrected chi connectivity index (χ4v) is 2.38. The Labute approximate surface area is 123 Å². The van der Waals surface area contributed by atoms with Crippen molar-refractivity contribution < 1.29 is 27.8 Å². The van der Waals surface area contributed by atoms with Crippen molar-refractivity contribution in [1.82, 2.24) is 0 Å². The van der Waals surface area contributed by atoms with Crippen molar-refractivity contribution in [2.45, 2.75) is 6.29 Å². The lowest BCUT2D eigenvalue weighted by Crippen LogP contribution is -2.25. The second kappa shape index (κ2) is 4.33. The summed E-state index contributed by atoms with van der Waals surface area (Å²) in [7, 11) is 0. The summed E-state index contributed by atoms with van der Waals surface area (Å²) < 4.78 is 40.2. The minimum absolute atomic E-state index is 0.00442. The van der Waals surface area contributed by atoms with Crippen LogP contribution in [-0.4, -0.2) is 18.8 Å². The summed E-state index contributed by atoms with van der Waals surface area (Å²) in [6.07, 6.45) is -3.63. The Kier molecular flexibility index (Phi) is 2.53. The molecular weight excluding hydrogens is 296 g/mol. The van der Waals surface area contributed by atoms with E-state index >= 15 is 0 Å². The van der Waals surface area contributed by atoms with E-state index in [2.05, 4.69) is 14.8 Å². The Hall–Kier alpha value is -2.83. The number of hydrogen-bond donors (Lipinski definition) is 1. The van der Waals surface area contributed by atoms with Gasteiger partial charge in [0.15, 0.2) is 18.1 Å². The Balaban J connectivity index is 1.70. The van der Waals surface area contributed by atoms with E-state index in [1.54, 1.807) is 24.3 Å². The lowest BCUT2D eigenvalue weighted by molar-refractivity contribution is -0.286. The second-order valence-corrected chi connectivity index (χ2v) is 4.88. The van der Waals surface area contributed by atoms with E-state index in [1.165, 1.54) is 12.1 Å². The smallest absolute Gasteiger partial charge is 0.482 e. The number of halogens is 2. The highest BCUT2D eigenvalue weighted by molar-refractivity contribution is 5.96. The molecule has 1 amide bonds. The molecule has 0 aliphatic carbocycles. The first-order valence-corrected chi connectivity index (χ1v) is 6.47. The first-order chi connectivity index (χ1) is 10.5. The van der Waals surface area contributed by atoms with Gasteiger partial charge in [0.2, 0.25) is 0 Å². The van der Waals surface area contributed by atoms with Crippen molar-refractivity contribution in [3.05, 3.63) is 36.4 Å². The van der Waals surface area contributed by atoms with Crippen LogP contribution in [0.4, 0.5) is 14.5 Å². The fourth-order valence-electron chi connectivity index (χ4n) is 2.38. The van der Waals surface area contributed by atoms with Gasteiger partial charge < -0.3 is 19.5 Å². The third-order valence-electron chi connectivity index (χ3n) is 3.35. The van der Waals surface area contributed by atoms with Crippen LogP contribution in [0.15, 0.2) is 36.4 Å². The number of rotatable bonds is 1. The molecule has 2 heterocycles. The van der Waals surface area contributed by atoms with Crippen molar-refractivity contribution in [3.8, 4) is 28.4 Å². The molecule has 7 heteroatoms. The maximum atomic E-state index is 13.0. The highest BCUT2D eigenvalue weighted by Gasteiger charge is 2.43. The normalized spacial score (nSPS) is 17.5. The van der Waals surface area contributed by atoms with Crippen LogP contribution in [0.1, 0.15) is 0 Å². The van der Waals surface area contributed by atoms with Crippen LogP contribution in [0.2, 0.25) is 0 Å². The van der Waals surface area contributed by atoms with Crippen LogP contribution in [0, 0.1) is 0 Å². The highest BCUT2D eigenvalue weighted by atomic mass is 19.3. The quantitative estimate of drug-likeness (QED) is 0.880. The molecule has 0 aromatic heterocycles. The average molecular weight is 305 g/mol. The molecule has 2 aliphatic heterocycles. The molecule has 0 atom stereocenters. The predicted octanol–water partition coefficient (Wildman–Crippen LogP) is 3.01. The summed E-state index contributed by atoms with van der Waals surface area (Å²) >= 11 is 0. The predicted molar refractivity (Wildman–Crippen MR) is 72.2 cm³/mol. The summed E-state index contributed by atoms with van der Waals surface area (Å²) in [5, 5.41) is 2.68. The van der Waals surface area contributed by atoms with Crippen LogP contribution in [0.5, 0.6) is 17.2 Å². The maximum absolute atomic E-state index is 13.0. The molecule has 0 saturated heterocycles. The third-order valence-corrected chi connectivity index (χ3v) is 3.35. The number of carbonyl (C=O) groups excluding carboxylic acids is 1. The van der Waals surface area contributed by atoms with Crippen molar-refractivity contribution in [1.29, 1.82) is 0 Å². The van der Waals surface area contributed by atoms with Crippen molar-refractivity contribution in [2.24, 2.45) is 0 Å². The number of benzene rings is 2. The summed E-state index contributed by atoms with van der Waals surface area (Å²) in [5.41, 5.74) is 1.99. The van der Waals surface area contributed by atoms with E-state index in [9.17, 15) is 13.6 Å². The first-order valence-electron chi connectivity index (χ1n) is 6.47. The van der Waals surface area contributed by atoms with Gasteiger partial charge >= 0.3 is 6.29 Å². The van der Waals surface area contributed by atoms with Crippen LogP contribution >= 0.6 is 0 Å². The van der Waals surface area contributed by atoms with E-state index in [4.69, 9.17) is 4.74 Å². The van der Waals surface area contributed by atoms with Crippen LogP contribution < -0.4 is 19.5 Å². The zero-order valence-electron chi connectivity index (χ0n) is 11.1. The van der Waals surface area contributed by atoms with Crippen molar-refractivity contribution in [2.75, 3.05) is 11.9 Å². The minimum atomic E-state index is -3.63. The highest BCUT2D eigenvalue weighted by Crippen LogP contribution is 2.43. The molecule has 5 nitrogen and oxygen atoms in total.